The standard InChI is InChI=1S/12CHO.2Fe/c12*1-2;;/h12*1H;;/q12*-1;2*+6. The molecule has 0 N–H and O–H groups in total. The van der Waals surface area contributed by atoms with Gasteiger partial charge in [0, 0.05) is 0 Å². The zero-order chi connectivity index (χ0) is 24.0. The Kier molecular flexibility index (Phi) is 6040. The molecule has 0 aromatic carbocycles. The van der Waals surface area contributed by atoms with Gasteiger partial charge in [-0.05, 0) is 0 Å². The molecule has 0 aromatic heterocycles. The van der Waals surface area contributed by atoms with Gasteiger partial charge in [-0.25, -0.2) is 0 Å². The predicted molar refractivity (Wildman–Crippen MR) is 81.0 cm³/mol. The first-order valence-electron chi connectivity index (χ1n) is 2.83. The number of carbonyl (C=O) groups excluding carboxylic acids is 12. The zero-order valence-corrected chi connectivity index (χ0v) is 14.7. The van der Waals surface area contributed by atoms with Crippen molar-refractivity contribution in [2.75, 3.05) is 0 Å². The maximum absolute atomic E-state index is 7.75. The molecule has 0 aliphatic rings. The van der Waals surface area contributed by atoms with E-state index in [9.17, 15) is 0 Å². The summed E-state index contributed by atoms with van der Waals surface area (Å²) in [6.45, 7) is 39.0. The quantitative estimate of drug-likeness (QED) is 0.198. The van der Waals surface area contributed by atoms with Gasteiger partial charge in [-0.1, -0.05) is 0 Å². The topological polar surface area (TPSA) is 205 Å². The second-order valence-corrected chi connectivity index (χ2v) is 0. The average molecular weight is 460 g/mol. The van der Waals surface area contributed by atoms with Gasteiger partial charge < -0.3 is 57.5 Å². The van der Waals surface area contributed by atoms with Crippen molar-refractivity contribution in [1.82, 2.24) is 0 Å². The summed E-state index contributed by atoms with van der Waals surface area (Å²) in [6, 6.07) is 0. The fraction of sp³-hybridized carbons (Fsp3) is 0. The zero-order valence-electron chi connectivity index (χ0n) is 12.5. The van der Waals surface area contributed by atoms with Gasteiger partial charge in [-0.3, -0.25) is 81.5 Å². The molecule has 0 amide bonds. The van der Waals surface area contributed by atoms with E-state index in [1.165, 1.54) is 0 Å². The van der Waals surface area contributed by atoms with Gasteiger partial charge in [0.1, 0.15) is 0 Å². The van der Waals surface area contributed by atoms with Crippen LogP contribution in [0.25, 0.3) is 0 Å². The van der Waals surface area contributed by atoms with Gasteiger partial charge in [-0.15, -0.1) is 0 Å². The Morgan fingerprint density at radius 3 is 0.154 bits per heavy atom. The SMILES string of the molecule is [CH-]=O.[CH-]=O.[CH-]=O.[CH-]=O.[CH-]=O.[CH-]=O.[CH-]=O.[CH-]=O.[CH-]=O.[CH-]=O.[CH-]=O.[CH-]=O.[Fe+6].[Fe+6]. The molecule has 0 saturated carbocycles. The Bertz CT molecular complexity index is 77.2. The molecule has 0 radical (unpaired) electrons. The summed E-state index contributed by atoms with van der Waals surface area (Å²) in [5.41, 5.74) is 0. The van der Waals surface area contributed by atoms with Crippen LogP contribution >= 0.6 is 0 Å². The molecular formula is C12H12Fe2O12. The summed E-state index contributed by atoms with van der Waals surface area (Å²) in [7, 11) is 0. The van der Waals surface area contributed by atoms with Gasteiger partial charge in [-0.2, -0.15) is 0 Å². The first-order valence-corrected chi connectivity index (χ1v) is 2.83. The number of hydrogen-bond donors (Lipinski definition) is 0. The minimum absolute atomic E-state index is 0. The summed E-state index contributed by atoms with van der Waals surface area (Å²) >= 11 is 0. The fourth-order valence-electron chi connectivity index (χ4n) is 0. The van der Waals surface area contributed by atoms with Crippen LogP contribution in [0.5, 0.6) is 0 Å². The average Bonchev–Trinajstić information content (AvgIpc) is 2.84. The third kappa shape index (κ3) is 996. The van der Waals surface area contributed by atoms with Crippen molar-refractivity contribution >= 4 is 81.5 Å². The second-order valence-electron chi connectivity index (χ2n) is 0. The molecule has 14 heteroatoms. The first-order chi connectivity index (χ1) is 12.0. The predicted octanol–water partition coefficient (Wildman–Crippen LogP) is -3.29. The van der Waals surface area contributed by atoms with E-state index in [-0.39, 0.29) is 34.1 Å². The van der Waals surface area contributed by atoms with E-state index < -0.39 is 0 Å². The van der Waals surface area contributed by atoms with Crippen molar-refractivity contribution in [3.8, 4) is 0 Å². The summed E-state index contributed by atoms with van der Waals surface area (Å²) in [6.07, 6.45) is 0. The van der Waals surface area contributed by atoms with Crippen LogP contribution in [0.1, 0.15) is 0 Å². The fourth-order valence-corrected chi connectivity index (χ4v) is 0. The molecule has 26 heavy (non-hydrogen) atoms. The minimum atomic E-state index is 0. The van der Waals surface area contributed by atoms with E-state index in [4.69, 9.17) is 57.5 Å². The van der Waals surface area contributed by atoms with E-state index in [2.05, 4.69) is 81.5 Å². The Balaban J connectivity index is -0.00000000500. The molecule has 0 aliphatic carbocycles. The van der Waals surface area contributed by atoms with Crippen LogP contribution in [0.3, 0.4) is 0 Å². The van der Waals surface area contributed by atoms with E-state index in [1.807, 2.05) is 0 Å². The molecule has 0 saturated heterocycles. The van der Waals surface area contributed by atoms with E-state index >= 15 is 0 Å². The van der Waals surface area contributed by atoms with Crippen LogP contribution in [0.4, 0.5) is 0 Å². The van der Waals surface area contributed by atoms with E-state index in [0.29, 0.717) is 0 Å². The summed E-state index contributed by atoms with van der Waals surface area (Å²) in [5.74, 6) is 0. The van der Waals surface area contributed by atoms with E-state index in [0.717, 1.165) is 0 Å². The molecule has 0 atom stereocenters. The Labute approximate surface area is 173 Å². The maximum Gasteiger partial charge on any atom is 6.00 e. The normalized spacial score (nSPS) is 1.85. The summed E-state index contributed by atoms with van der Waals surface area (Å²) in [5, 5.41) is 0. The Hall–Kier alpha value is -2.92. The van der Waals surface area contributed by atoms with Crippen molar-refractivity contribution in [2.45, 2.75) is 0 Å². The molecule has 0 aliphatic heterocycles. The molecule has 0 heterocycles. The third-order valence-electron chi connectivity index (χ3n) is 0. The monoisotopic (exact) mass is 460 g/mol. The Morgan fingerprint density at radius 2 is 0.154 bits per heavy atom. The minimum Gasteiger partial charge on any atom is -0.545 e. The number of rotatable bonds is 0. The van der Waals surface area contributed by atoms with Crippen molar-refractivity contribution in [3.63, 3.8) is 0 Å². The van der Waals surface area contributed by atoms with Crippen LogP contribution in [-0.2, 0) is 91.7 Å². The molecule has 0 unspecified atom stereocenters. The van der Waals surface area contributed by atoms with Crippen molar-refractivity contribution in [2.24, 2.45) is 0 Å². The van der Waals surface area contributed by atoms with Crippen LogP contribution in [0, 0.1) is 0 Å². The van der Waals surface area contributed by atoms with Crippen molar-refractivity contribution in [1.29, 1.82) is 0 Å². The van der Waals surface area contributed by atoms with Gasteiger partial charge >= 0.3 is 34.1 Å². The second kappa shape index (κ2) is 1150. The van der Waals surface area contributed by atoms with Crippen LogP contribution in [-0.4, -0.2) is 81.5 Å². The summed E-state index contributed by atoms with van der Waals surface area (Å²) in [4.78, 5) is 93.0. The van der Waals surface area contributed by atoms with Gasteiger partial charge in [0.25, 0.3) is 0 Å². The van der Waals surface area contributed by atoms with E-state index in [1.54, 1.807) is 0 Å². The molecule has 12 nitrogen and oxygen atoms in total. The van der Waals surface area contributed by atoms with Crippen LogP contribution in [0.2, 0.25) is 0 Å². The molecule has 0 aromatic rings. The maximum atomic E-state index is 7.75. The van der Waals surface area contributed by atoms with Gasteiger partial charge in [0.2, 0.25) is 0 Å². The van der Waals surface area contributed by atoms with Crippen LogP contribution < -0.4 is 0 Å². The summed E-state index contributed by atoms with van der Waals surface area (Å²) < 4.78 is 0. The third-order valence-corrected chi connectivity index (χ3v) is 0. The Morgan fingerprint density at radius 1 is 0.154 bits per heavy atom. The van der Waals surface area contributed by atoms with Gasteiger partial charge in [0.05, 0.1) is 0 Å². The van der Waals surface area contributed by atoms with Crippen molar-refractivity contribution in [3.05, 3.63) is 0 Å². The smallest absolute Gasteiger partial charge is 0.545 e. The molecular weight excluding hydrogens is 448 g/mol. The molecule has 148 valence electrons. The molecule has 0 fully saturated rings. The largest absolute Gasteiger partial charge is 6.00 e. The van der Waals surface area contributed by atoms with Crippen molar-refractivity contribution < 1.29 is 91.7 Å². The number of hydrogen-bond acceptors (Lipinski definition) is 12. The van der Waals surface area contributed by atoms with Crippen LogP contribution in [0.15, 0.2) is 0 Å². The first kappa shape index (κ1) is 136. The van der Waals surface area contributed by atoms with Gasteiger partial charge in [0.15, 0.2) is 0 Å². The molecule has 0 rings (SSSR count). The molecule has 0 spiro atoms. The molecule has 0 bridgehead atoms.